The molecule has 0 unspecified atom stereocenters. The maximum atomic E-state index is 9.11. The average molecular weight is 248 g/mol. The van der Waals surface area contributed by atoms with E-state index >= 15 is 0 Å². The van der Waals surface area contributed by atoms with Gasteiger partial charge in [0, 0.05) is 6.92 Å². The topological polar surface area (TPSA) is 68.4 Å². The van der Waals surface area contributed by atoms with Crippen molar-refractivity contribution in [3.63, 3.8) is 0 Å². The molecule has 96 valence electrons. The zero-order valence-corrected chi connectivity index (χ0v) is 10.7. The van der Waals surface area contributed by atoms with Gasteiger partial charge >= 0.3 is 0 Å². The molecule has 1 N–H and O–H groups in total. The third-order valence-electron chi connectivity index (χ3n) is 2.61. The summed E-state index contributed by atoms with van der Waals surface area (Å²) in [5.41, 5.74) is 2.84. The van der Waals surface area contributed by atoms with Crippen molar-refractivity contribution in [3.05, 3.63) is 40.6 Å². The number of ether oxygens (including phenoxy) is 1. The molecule has 18 heavy (non-hydrogen) atoms. The number of aliphatic hydroxyl groups is 1. The minimum atomic E-state index is 0.0326. The zero-order chi connectivity index (χ0) is 13.1. The van der Waals surface area contributed by atoms with E-state index < -0.39 is 0 Å². The minimum absolute atomic E-state index is 0.0326. The van der Waals surface area contributed by atoms with Crippen LogP contribution in [0.25, 0.3) is 0 Å². The van der Waals surface area contributed by atoms with Gasteiger partial charge in [-0.1, -0.05) is 12.1 Å². The van der Waals surface area contributed by atoms with E-state index in [-0.39, 0.29) is 13.2 Å². The molecular formula is C13H16N2O3. The van der Waals surface area contributed by atoms with Crippen molar-refractivity contribution in [1.29, 1.82) is 0 Å². The first-order valence-corrected chi connectivity index (χ1v) is 5.73. The zero-order valence-electron chi connectivity index (χ0n) is 10.7. The van der Waals surface area contributed by atoms with Crippen LogP contribution < -0.4 is 4.74 Å². The first-order valence-electron chi connectivity index (χ1n) is 5.73. The van der Waals surface area contributed by atoms with E-state index in [0.29, 0.717) is 11.8 Å². The van der Waals surface area contributed by atoms with Crippen LogP contribution in [0.15, 0.2) is 16.5 Å². The molecule has 1 aromatic heterocycles. The van der Waals surface area contributed by atoms with Crippen molar-refractivity contribution >= 4 is 0 Å². The van der Waals surface area contributed by atoms with E-state index in [9.17, 15) is 0 Å². The Balaban J connectivity index is 2.14. The molecule has 0 amide bonds. The minimum Gasteiger partial charge on any atom is -0.483 e. The molecule has 0 bridgehead atoms. The van der Waals surface area contributed by atoms with Crippen molar-refractivity contribution < 1.29 is 14.3 Å². The van der Waals surface area contributed by atoms with Crippen LogP contribution in [0.5, 0.6) is 5.75 Å². The lowest BCUT2D eigenvalue weighted by Crippen LogP contribution is -2.00. The van der Waals surface area contributed by atoms with Crippen molar-refractivity contribution in [3.8, 4) is 5.75 Å². The molecular weight excluding hydrogens is 232 g/mol. The number of hydrogen-bond acceptors (Lipinski definition) is 5. The molecule has 1 heterocycles. The molecule has 0 aliphatic rings. The summed E-state index contributed by atoms with van der Waals surface area (Å²) >= 11 is 0. The third kappa shape index (κ3) is 2.68. The number of rotatable bonds is 4. The SMILES string of the molecule is Cc1nnc(COc2c(C)cc(CO)cc2C)o1. The van der Waals surface area contributed by atoms with Crippen molar-refractivity contribution in [1.82, 2.24) is 10.2 Å². The smallest absolute Gasteiger partial charge is 0.253 e. The van der Waals surface area contributed by atoms with Crippen LogP contribution in [0.4, 0.5) is 0 Å². The Morgan fingerprint density at radius 2 is 1.83 bits per heavy atom. The Bertz CT molecular complexity index is 526. The summed E-state index contributed by atoms with van der Waals surface area (Å²) in [4.78, 5) is 0. The summed E-state index contributed by atoms with van der Waals surface area (Å²) in [6.07, 6.45) is 0. The van der Waals surface area contributed by atoms with Gasteiger partial charge < -0.3 is 14.3 Å². The van der Waals surface area contributed by atoms with Gasteiger partial charge in [0.2, 0.25) is 5.89 Å². The molecule has 0 fully saturated rings. The van der Waals surface area contributed by atoms with Gasteiger partial charge in [-0.3, -0.25) is 0 Å². The Hall–Kier alpha value is -1.88. The maximum absolute atomic E-state index is 9.11. The molecule has 2 rings (SSSR count). The first kappa shape index (κ1) is 12.6. The fourth-order valence-corrected chi connectivity index (χ4v) is 1.89. The van der Waals surface area contributed by atoms with Crippen molar-refractivity contribution in [2.24, 2.45) is 0 Å². The fourth-order valence-electron chi connectivity index (χ4n) is 1.89. The van der Waals surface area contributed by atoms with Crippen LogP contribution in [0.1, 0.15) is 28.5 Å². The Morgan fingerprint density at radius 1 is 1.17 bits per heavy atom. The summed E-state index contributed by atoms with van der Waals surface area (Å²) in [5, 5.41) is 16.7. The van der Waals surface area contributed by atoms with Crippen LogP contribution in [0.2, 0.25) is 0 Å². The number of benzene rings is 1. The maximum Gasteiger partial charge on any atom is 0.253 e. The van der Waals surface area contributed by atoms with Crippen molar-refractivity contribution in [2.45, 2.75) is 34.0 Å². The molecule has 0 aliphatic heterocycles. The third-order valence-corrected chi connectivity index (χ3v) is 2.61. The van der Waals surface area contributed by atoms with Crippen LogP contribution in [-0.2, 0) is 13.2 Å². The molecule has 5 heteroatoms. The highest BCUT2D eigenvalue weighted by molar-refractivity contribution is 5.43. The van der Waals surface area contributed by atoms with Crippen LogP contribution in [0, 0.1) is 20.8 Å². The van der Waals surface area contributed by atoms with Gasteiger partial charge in [-0.2, -0.15) is 0 Å². The predicted molar refractivity (Wildman–Crippen MR) is 65.2 cm³/mol. The molecule has 1 aromatic carbocycles. The summed E-state index contributed by atoms with van der Waals surface area (Å²) < 4.78 is 10.9. The second-order valence-corrected chi connectivity index (χ2v) is 4.22. The van der Waals surface area contributed by atoms with Crippen LogP contribution in [0.3, 0.4) is 0 Å². The molecule has 0 aliphatic carbocycles. The second kappa shape index (κ2) is 5.18. The van der Waals surface area contributed by atoms with E-state index in [2.05, 4.69) is 10.2 Å². The highest BCUT2D eigenvalue weighted by Gasteiger charge is 2.09. The molecule has 5 nitrogen and oxygen atoms in total. The number of hydrogen-bond donors (Lipinski definition) is 1. The van der Waals surface area contributed by atoms with Gasteiger partial charge in [-0.05, 0) is 30.5 Å². The number of aryl methyl sites for hydroxylation is 3. The number of aliphatic hydroxyl groups excluding tert-OH is 1. The van der Waals surface area contributed by atoms with E-state index in [1.807, 2.05) is 26.0 Å². The van der Waals surface area contributed by atoms with Gasteiger partial charge in [0.25, 0.3) is 5.89 Å². The van der Waals surface area contributed by atoms with E-state index in [4.69, 9.17) is 14.3 Å². The summed E-state index contributed by atoms with van der Waals surface area (Å²) in [5.74, 6) is 1.78. The van der Waals surface area contributed by atoms with Gasteiger partial charge in [0.05, 0.1) is 6.61 Å². The molecule has 0 radical (unpaired) electrons. The Labute approximate surface area is 105 Å². The average Bonchev–Trinajstić information content (AvgIpc) is 2.73. The van der Waals surface area contributed by atoms with Gasteiger partial charge in [0.1, 0.15) is 5.75 Å². The number of aromatic nitrogens is 2. The van der Waals surface area contributed by atoms with Gasteiger partial charge in [-0.15, -0.1) is 10.2 Å². The quantitative estimate of drug-likeness (QED) is 0.897. The Kier molecular flexibility index (Phi) is 3.62. The lowest BCUT2D eigenvalue weighted by atomic mass is 10.1. The standard InChI is InChI=1S/C13H16N2O3/c1-8-4-11(6-16)5-9(2)13(8)17-7-12-15-14-10(3)18-12/h4-5,16H,6-7H2,1-3H3. The summed E-state index contributed by atoms with van der Waals surface area (Å²) in [6, 6.07) is 3.81. The number of nitrogens with zero attached hydrogens (tertiary/aromatic N) is 2. The summed E-state index contributed by atoms with van der Waals surface area (Å²) in [6.45, 7) is 5.91. The van der Waals surface area contributed by atoms with Crippen molar-refractivity contribution in [2.75, 3.05) is 0 Å². The Morgan fingerprint density at radius 3 is 2.33 bits per heavy atom. The highest BCUT2D eigenvalue weighted by atomic mass is 16.5. The largest absolute Gasteiger partial charge is 0.483 e. The van der Waals surface area contributed by atoms with E-state index in [1.54, 1.807) is 6.92 Å². The molecule has 2 aromatic rings. The second-order valence-electron chi connectivity index (χ2n) is 4.22. The van der Waals surface area contributed by atoms with Gasteiger partial charge in [-0.25, -0.2) is 0 Å². The predicted octanol–water partition coefficient (Wildman–Crippen LogP) is 2.07. The molecule has 0 saturated heterocycles. The normalized spacial score (nSPS) is 10.7. The molecule has 0 saturated carbocycles. The monoisotopic (exact) mass is 248 g/mol. The van der Waals surface area contributed by atoms with Crippen LogP contribution >= 0.6 is 0 Å². The van der Waals surface area contributed by atoms with E-state index in [1.165, 1.54) is 0 Å². The molecule has 0 spiro atoms. The first-order chi connectivity index (χ1) is 8.60. The lowest BCUT2D eigenvalue weighted by Gasteiger charge is -2.12. The van der Waals surface area contributed by atoms with E-state index in [0.717, 1.165) is 22.4 Å². The fraction of sp³-hybridized carbons (Fsp3) is 0.385. The van der Waals surface area contributed by atoms with Gasteiger partial charge in [0.15, 0.2) is 6.61 Å². The summed E-state index contributed by atoms with van der Waals surface area (Å²) in [7, 11) is 0. The van der Waals surface area contributed by atoms with Crippen LogP contribution in [-0.4, -0.2) is 15.3 Å². The molecule has 0 atom stereocenters. The lowest BCUT2D eigenvalue weighted by molar-refractivity contribution is 0.256. The highest BCUT2D eigenvalue weighted by Crippen LogP contribution is 2.25.